The van der Waals surface area contributed by atoms with Crippen molar-refractivity contribution in [3.8, 4) is 5.82 Å². The van der Waals surface area contributed by atoms with Crippen LogP contribution in [-0.2, 0) is 0 Å². The van der Waals surface area contributed by atoms with Gasteiger partial charge in [-0.15, -0.1) is 25.2 Å². The Morgan fingerprint density at radius 3 is 2.75 bits per heavy atom. The van der Waals surface area contributed by atoms with Crippen LogP contribution in [0.2, 0.25) is 5.15 Å². The Balaban J connectivity index is 2.43. The highest BCUT2D eigenvalue weighted by molar-refractivity contribution is 6.29. The van der Waals surface area contributed by atoms with Crippen molar-refractivity contribution in [2.75, 3.05) is 0 Å². The molecule has 0 fully saturated rings. The third-order valence-electron chi connectivity index (χ3n) is 1.17. The molecule has 0 aliphatic rings. The average molecular weight is 183 g/mol. The maximum atomic E-state index is 5.53. The van der Waals surface area contributed by atoms with E-state index in [0.717, 1.165) is 0 Å². The summed E-state index contributed by atoms with van der Waals surface area (Å²) in [6.07, 6.45) is 1.32. The zero-order chi connectivity index (χ0) is 8.39. The maximum Gasteiger partial charge on any atom is 0.198 e. The molecule has 0 bridgehead atoms. The van der Waals surface area contributed by atoms with Crippen LogP contribution in [0.5, 0.6) is 0 Å². The lowest BCUT2D eigenvalue weighted by Gasteiger charge is -1.93. The summed E-state index contributed by atoms with van der Waals surface area (Å²) in [5, 5.41) is 18.6. The predicted octanol–water partition coefficient (Wildman–Crippen LogP) is 0.106. The van der Waals surface area contributed by atoms with Crippen LogP contribution in [0.1, 0.15) is 0 Å². The fourth-order valence-electron chi connectivity index (χ4n) is 0.688. The molecule has 0 aliphatic carbocycles. The minimum atomic E-state index is 0.332. The summed E-state index contributed by atoms with van der Waals surface area (Å²) < 4.78 is 0. The summed E-state index contributed by atoms with van der Waals surface area (Å²) in [6.45, 7) is 0. The van der Waals surface area contributed by atoms with Crippen LogP contribution in [0.3, 0.4) is 0 Å². The maximum absolute atomic E-state index is 5.53. The van der Waals surface area contributed by atoms with Gasteiger partial charge in [0.25, 0.3) is 0 Å². The van der Waals surface area contributed by atoms with E-state index in [2.05, 4.69) is 25.6 Å². The Bertz CT molecular complexity index is 354. The van der Waals surface area contributed by atoms with Crippen LogP contribution < -0.4 is 0 Å². The molecule has 0 saturated carbocycles. The largest absolute Gasteiger partial charge is 0.198 e. The first-order valence-electron chi connectivity index (χ1n) is 3.09. The van der Waals surface area contributed by atoms with Crippen LogP contribution in [0.25, 0.3) is 5.82 Å². The molecule has 6 nitrogen and oxygen atoms in total. The molecule has 0 saturated heterocycles. The first-order valence-corrected chi connectivity index (χ1v) is 3.46. The number of halogens is 1. The Kier molecular flexibility index (Phi) is 1.67. The molecule has 2 aromatic rings. The number of hydrogen-bond acceptors (Lipinski definition) is 5. The van der Waals surface area contributed by atoms with Crippen molar-refractivity contribution in [3.63, 3.8) is 0 Å². The normalized spacial score (nSPS) is 10.1. The van der Waals surface area contributed by atoms with Gasteiger partial charge in [-0.25, -0.2) is 0 Å². The summed E-state index contributed by atoms with van der Waals surface area (Å²) in [5.41, 5.74) is 0. The third kappa shape index (κ3) is 1.24. The first kappa shape index (κ1) is 7.11. The van der Waals surface area contributed by atoms with Gasteiger partial charge in [0.05, 0.1) is 0 Å². The second-order valence-electron chi connectivity index (χ2n) is 1.94. The summed E-state index contributed by atoms with van der Waals surface area (Å²) in [6, 6.07) is 3.25. The van der Waals surface area contributed by atoms with Gasteiger partial charge >= 0.3 is 0 Å². The van der Waals surface area contributed by atoms with Gasteiger partial charge in [0.2, 0.25) is 0 Å². The fourth-order valence-corrected chi connectivity index (χ4v) is 0.789. The highest BCUT2D eigenvalue weighted by atomic mass is 35.5. The monoisotopic (exact) mass is 182 g/mol. The Morgan fingerprint density at radius 1 is 1.25 bits per heavy atom. The van der Waals surface area contributed by atoms with Crippen LogP contribution in [0.4, 0.5) is 0 Å². The number of aromatic nitrogens is 6. The summed E-state index contributed by atoms with van der Waals surface area (Å²) in [7, 11) is 0. The van der Waals surface area contributed by atoms with Crippen LogP contribution in [-0.4, -0.2) is 30.4 Å². The predicted molar refractivity (Wildman–Crippen MR) is 39.8 cm³/mol. The number of nitrogens with zero attached hydrogens (tertiary/aromatic N) is 6. The van der Waals surface area contributed by atoms with Crippen molar-refractivity contribution < 1.29 is 0 Å². The summed E-state index contributed by atoms with van der Waals surface area (Å²) in [4.78, 5) is 1.25. The molecule has 0 spiro atoms. The molecule has 0 atom stereocenters. The van der Waals surface area contributed by atoms with Crippen molar-refractivity contribution >= 4 is 11.6 Å². The van der Waals surface area contributed by atoms with Gasteiger partial charge in [-0.3, -0.25) is 0 Å². The van der Waals surface area contributed by atoms with Crippen LogP contribution in [0, 0.1) is 0 Å². The molecular weight excluding hydrogens is 180 g/mol. The lowest BCUT2D eigenvalue weighted by molar-refractivity contribution is 0.687. The number of rotatable bonds is 1. The molecule has 0 aromatic carbocycles. The number of tetrazole rings is 1. The molecular formula is C5H3ClN6. The molecule has 2 heterocycles. The van der Waals surface area contributed by atoms with E-state index < -0.39 is 0 Å². The van der Waals surface area contributed by atoms with Crippen LogP contribution in [0.15, 0.2) is 18.5 Å². The molecule has 0 unspecified atom stereocenters. The SMILES string of the molecule is Clc1ccc(-n2ncnn2)nn1. The molecule has 0 amide bonds. The fraction of sp³-hybridized carbons (Fsp3) is 0. The van der Waals surface area contributed by atoms with Crippen molar-refractivity contribution in [1.29, 1.82) is 0 Å². The first-order chi connectivity index (χ1) is 5.86. The molecule has 2 aromatic heterocycles. The molecule has 12 heavy (non-hydrogen) atoms. The highest BCUT2D eigenvalue weighted by Gasteiger charge is 1.99. The van der Waals surface area contributed by atoms with E-state index >= 15 is 0 Å². The van der Waals surface area contributed by atoms with E-state index in [1.54, 1.807) is 12.1 Å². The Labute approximate surface area is 72.2 Å². The van der Waals surface area contributed by atoms with Gasteiger partial charge in [-0.1, -0.05) is 11.6 Å². The van der Waals surface area contributed by atoms with Crippen LogP contribution >= 0.6 is 11.6 Å². The second kappa shape index (κ2) is 2.82. The van der Waals surface area contributed by atoms with Crippen molar-refractivity contribution in [2.24, 2.45) is 0 Å². The van der Waals surface area contributed by atoms with E-state index in [-0.39, 0.29) is 0 Å². The third-order valence-corrected chi connectivity index (χ3v) is 1.37. The lowest BCUT2D eigenvalue weighted by Crippen LogP contribution is -2.02. The molecule has 0 radical (unpaired) electrons. The van der Waals surface area contributed by atoms with Crippen molar-refractivity contribution in [2.45, 2.75) is 0 Å². The Hall–Kier alpha value is -1.56. The second-order valence-corrected chi connectivity index (χ2v) is 2.33. The topological polar surface area (TPSA) is 69.4 Å². The molecule has 2 rings (SSSR count). The minimum Gasteiger partial charge on any atom is -0.136 e. The molecule has 60 valence electrons. The van der Waals surface area contributed by atoms with Gasteiger partial charge in [-0.05, 0) is 17.3 Å². The number of hydrogen-bond donors (Lipinski definition) is 0. The van der Waals surface area contributed by atoms with Crippen molar-refractivity contribution in [1.82, 2.24) is 30.4 Å². The van der Waals surface area contributed by atoms with E-state index in [1.807, 2.05) is 0 Å². The van der Waals surface area contributed by atoms with E-state index in [9.17, 15) is 0 Å². The minimum absolute atomic E-state index is 0.332. The highest BCUT2D eigenvalue weighted by Crippen LogP contribution is 2.03. The average Bonchev–Trinajstić information content (AvgIpc) is 2.58. The van der Waals surface area contributed by atoms with Gasteiger partial charge in [0.1, 0.15) is 0 Å². The summed E-state index contributed by atoms with van der Waals surface area (Å²) >= 11 is 5.53. The lowest BCUT2D eigenvalue weighted by atomic mass is 10.5. The van der Waals surface area contributed by atoms with E-state index in [4.69, 9.17) is 11.6 Å². The van der Waals surface area contributed by atoms with Gasteiger partial charge in [0, 0.05) is 0 Å². The zero-order valence-electron chi connectivity index (χ0n) is 5.79. The summed E-state index contributed by atoms with van der Waals surface area (Å²) in [5.74, 6) is 0.483. The quantitative estimate of drug-likeness (QED) is 0.626. The zero-order valence-corrected chi connectivity index (χ0v) is 6.55. The van der Waals surface area contributed by atoms with E-state index in [1.165, 1.54) is 11.1 Å². The smallest absolute Gasteiger partial charge is 0.136 e. The molecule has 7 heteroatoms. The van der Waals surface area contributed by atoms with Gasteiger partial charge in [-0.2, -0.15) is 0 Å². The van der Waals surface area contributed by atoms with Gasteiger partial charge in [0.15, 0.2) is 17.3 Å². The van der Waals surface area contributed by atoms with Crippen molar-refractivity contribution in [3.05, 3.63) is 23.6 Å². The van der Waals surface area contributed by atoms with E-state index in [0.29, 0.717) is 11.0 Å². The standard InChI is InChI=1S/C5H3ClN6/c6-4-1-2-5(10-9-4)12-8-3-7-11-12/h1-3H. The molecule has 0 N–H and O–H groups in total. The molecule has 0 aliphatic heterocycles. The Morgan fingerprint density at radius 2 is 2.17 bits per heavy atom. The van der Waals surface area contributed by atoms with Gasteiger partial charge < -0.3 is 0 Å².